The first kappa shape index (κ1) is 22.4. The molecule has 5 nitrogen and oxygen atoms in total. The van der Waals surface area contributed by atoms with Crippen molar-refractivity contribution >= 4 is 48.3 Å². The summed E-state index contributed by atoms with van der Waals surface area (Å²) in [6.07, 6.45) is 0. The predicted molar refractivity (Wildman–Crippen MR) is 132 cm³/mol. The van der Waals surface area contributed by atoms with Gasteiger partial charge in [-0.2, -0.15) is 0 Å². The fourth-order valence-electron chi connectivity index (χ4n) is 3.98. The largest absolute Gasteiger partial charge is 0.494 e. The van der Waals surface area contributed by atoms with E-state index in [2.05, 4.69) is 97.1 Å². The normalized spacial score (nSPS) is 24.1. The van der Waals surface area contributed by atoms with Crippen molar-refractivity contribution in [1.29, 1.82) is 0 Å². The minimum Gasteiger partial charge on any atom is -0.399 e. The molecule has 5 rings (SSSR count). The molecule has 0 spiro atoms. The Morgan fingerprint density at radius 2 is 1.06 bits per heavy atom. The highest BCUT2D eigenvalue weighted by atomic mass is 32.2. The van der Waals surface area contributed by atoms with Crippen LogP contribution < -0.4 is 16.2 Å². The highest BCUT2D eigenvalue weighted by molar-refractivity contribution is 7.99. The topological polar surface area (TPSA) is 49.0 Å². The molecule has 3 aliphatic rings. The molecular formula is C24H31B2NO4S. The number of hydrogen-bond acceptors (Lipinski definition) is 6. The summed E-state index contributed by atoms with van der Waals surface area (Å²) in [7, 11) is -0.734. The zero-order valence-electron chi connectivity index (χ0n) is 20.2. The molecule has 2 aromatic carbocycles. The van der Waals surface area contributed by atoms with Crippen LogP contribution in [-0.2, 0) is 18.6 Å². The van der Waals surface area contributed by atoms with Gasteiger partial charge < -0.3 is 23.9 Å². The van der Waals surface area contributed by atoms with E-state index in [1.807, 2.05) is 0 Å². The lowest BCUT2D eigenvalue weighted by Gasteiger charge is -2.32. The molecule has 32 heavy (non-hydrogen) atoms. The molecule has 0 radical (unpaired) electrons. The number of anilines is 2. The molecular weight excluding hydrogens is 420 g/mol. The van der Waals surface area contributed by atoms with Crippen LogP contribution in [-0.4, -0.2) is 36.6 Å². The molecule has 3 aliphatic heterocycles. The van der Waals surface area contributed by atoms with Gasteiger partial charge >= 0.3 is 14.2 Å². The second-order valence-electron chi connectivity index (χ2n) is 10.9. The van der Waals surface area contributed by atoms with Gasteiger partial charge in [-0.15, -0.1) is 0 Å². The van der Waals surface area contributed by atoms with Gasteiger partial charge in [-0.1, -0.05) is 23.9 Å². The zero-order valence-corrected chi connectivity index (χ0v) is 21.0. The first-order chi connectivity index (χ1) is 14.8. The molecule has 0 amide bonds. The van der Waals surface area contributed by atoms with Gasteiger partial charge in [0.15, 0.2) is 0 Å². The molecule has 2 aromatic rings. The Bertz CT molecular complexity index is 968. The summed E-state index contributed by atoms with van der Waals surface area (Å²) in [5.41, 5.74) is 2.79. The summed E-state index contributed by atoms with van der Waals surface area (Å²) in [5.74, 6) is 0. The van der Waals surface area contributed by atoms with Crippen LogP contribution in [0, 0.1) is 0 Å². The van der Waals surface area contributed by atoms with Crippen LogP contribution in [0.5, 0.6) is 0 Å². The maximum Gasteiger partial charge on any atom is 0.494 e. The Hall–Kier alpha value is -1.44. The number of fused-ring (bicyclic) bond motifs is 2. The van der Waals surface area contributed by atoms with Gasteiger partial charge in [0.1, 0.15) is 0 Å². The van der Waals surface area contributed by atoms with Crippen molar-refractivity contribution in [3.63, 3.8) is 0 Å². The van der Waals surface area contributed by atoms with Crippen molar-refractivity contribution in [3.8, 4) is 0 Å². The predicted octanol–water partition coefficient (Wildman–Crippen LogP) is 4.49. The molecule has 0 aromatic heterocycles. The van der Waals surface area contributed by atoms with Gasteiger partial charge in [0.2, 0.25) is 0 Å². The SMILES string of the molecule is CC1(C)OB(c2ccc3c(c2)Nc2ccc(B4OC(C)(C)C(C)(C)O4)cc2S3)OC1(C)C. The van der Waals surface area contributed by atoms with E-state index in [9.17, 15) is 0 Å². The highest BCUT2D eigenvalue weighted by Gasteiger charge is 2.53. The molecule has 3 heterocycles. The van der Waals surface area contributed by atoms with Crippen LogP contribution in [0.3, 0.4) is 0 Å². The smallest absolute Gasteiger partial charge is 0.399 e. The van der Waals surface area contributed by atoms with E-state index >= 15 is 0 Å². The third-order valence-corrected chi connectivity index (χ3v) is 8.68. The lowest BCUT2D eigenvalue weighted by molar-refractivity contribution is 0.00578. The molecule has 0 saturated carbocycles. The van der Waals surface area contributed by atoms with Gasteiger partial charge in [-0.25, -0.2) is 0 Å². The summed E-state index contributed by atoms with van der Waals surface area (Å²) in [4.78, 5) is 2.33. The molecule has 0 bridgehead atoms. The molecule has 2 fully saturated rings. The Labute approximate surface area is 196 Å². The van der Waals surface area contributed by atoms with Crippen LogP contribution >= 0.6 is 11.8 Å². The lowest BCUT2D eigenvalue weighted by atomic mass is 9.78. The third kappa shape index (κ3) is 3.51. The Balaban J connectivity index is 1.38. The van der Waals surface area contributed by atoms with Crippen molar-refractivity contribution in [1.82, 2.24) is 0 Å². The standard InChI is InChI=1S/C24H31B2NO4S/c1-21(2)22(3,4)29-25(28-21)15-10-12-19-18(13-15)27-17-11-9-16(14-20(17)32-19)26-30-23(5,6)24(7,8)31-26/h9-14,27H,1-8H3. The first-order valence-electron chi connectivity index (χ1n) is 11.2. The molecule has 0 aliphatic carbocycles. The highest BCUT2D eigenvalue weighted by Crippen LogP contribution is 2.44. The Morgan fingerprint density at radius 3 is 1.59 bits per heavy atom. The number of rotatable bonds is 2. The van der Waals surface area contributed by atoms with Gasteiger partial charge in [-0.05, 0) is 90.6 Å². The van der Waals surface area contributed by atoms with Crippen LogP contribution in [0.1, 0.15) is 55.4 Å². The molecule has 0 atom stereocenters. The molecule has 2 saturated heterocycles. The quantitative estimate of drug-likeness (QED) is 0.580. The van der Waals surface area contributed by atoms with E-state index in [4.69, 9.17) is 18.6 Å². The summed E-state index contributed by atoms with van der Waals surface area (Å²) >= 11 is 1.75. The van der Waals surface area contributed by atoms with E-state index in [-0.39, 0.29) is 36.6 Å². The first-order valence-corrected chi connectivity index (χ1v) is 12.0. The molecule has 0 unspecified atom stereocenters. The third-order valence-electron chi connectivity index (χ3n) is 7.55. The summed E-state index contributed by atoms with van der Waals surface area (Å²) in [6, 6.07) is 12.7. The average molecular weight is 451 g/mol. The summed E-state index contributed by atoms with van der Waals surface area (Å²) in [5, 5.41) is 3.58. The van der Waals surface area contributed by atoms with E-state index in [1.165, 1.54) is 4.90 Å². The van der Waals surface area contributed by atoms with Crippen molar-refractivity contribution < 1.29 is 18.6 Å². The molecule has 168 valence electrons. The van der Waals surface area contributed by atoms with Crippen molar-refractivity contribution in [2.45, 2.75) is 87.6 Å². The average Bonchev–Trinajstić information content (AvgIpc) is 3.05. The fourth-order valence-corrected chi connectivity index (χ4v) is 4.99. The summed E-state index contributed by atoms with van der Waals surface area (Å²) < 4.78 is 24.9. The van der Waals surface area contributed by atoms with E-state index in [0.29, 0.717) is 0 Å². The van der Waals surface area contributed by atoms with E-state index in [1.54, 1.807) is 11.8 Å². The zero-order chi connectivity index (χ0) is 23.1. The van der Waals surface area contributed by atoms with Gasteiger partial charge in [0.25, 0.3) is 0 Å². The van der Waals surface area contributed by atoms with Crippen LogP contribution in [0.2, 0.25) is 0 Å². The minimum atomic E-state index is -0.371. The maximum absolute atomic E-state index is 6.24. The fraction of sp³-hybridized carbons (Fsp3) is 0.500. The van der Waals surface area contributed by atoms with Crippen molar-refractivity contribution in [2.75, 3.05) is 5.32 Å². The molecule has 1 N–H and O–H groups in total. The van der Waals surface area contributed by atoms with Gasteiger partial charge in [0, 0.05) is 9.79 Å². The second-order valence-corrected chi connectivity index (χ2v) is 12.0. The van der Waals surface area contributed by atoms with Crippen LogP contribution in [0.4, 0.5) is 11.4 Å². The Morgan fingerprint density at radius 1 is 0.594 bits per heavy atom. The number of hydrogen-bond donors (Lipinski definition) is 1. The second kappa shape index (κ2) is 7.03. The maximum atomic E-state index is 6.24. The number of nitrogens with one attached hydrogen (secondary N) is 1. The van der Waals surface area contributed by atoms with Crippen molar-refractivity contribution in [3.05, 3.63) is 36.4 Å². The van der Waals surface area contributed by atoms with Crippen LogP contribution in [0.15, 0.2) is 46.2 Å². The minimum absolute atomic E-state index is 0.352. The van der Waals surface area contributed by atoms with Crippen molar-refractivity contribution in [2.24, 2.45) is 0 Å². The van der Waals surface area contributed by atoms with E-state index in [0.717, 1.165) is 27.2 Å². The van der Waals surface area contributed by atoms with Gasteiger partial charge in [0.05, 0.1) is 33.8 Å². The summed E-state index contributed by atoms with van der Waals surface area (Å²) in [6.45, 7) is 16.6. The van der Waals surface area contributed by atoms with Gasteiger partial charge in [-0.3, -0.25) is 0 Å². The van der Waals surface area contributed by atoms with Crippen LogP contribution in [0.25, 0.3) is 0 Å². The Kier molecular flexibility index (Phi) is 4.91. The number of benzene rings is 2. The monoisotopic (exact) mass is 451 g/mol. The van der Waals surface area contributed by atoms with E-state index < -0.39 is 0 Å². The molecule has 8 heteroatoms. The lowest BCUT2D eigenvalue weighted by Crippen LogP contribution is -2.41.